The molecule has 0 amide bonds. The minimum atomic E-state index is -1.07. The minimum absolute atomic E-state index is 0.0690. The van der Waals surface area contributed by atoms with Gasteiger partial charge in [-0.05, 0) is 41.3 Å². The first-order valence-electron chi connectivity index (χ1n) is 10.3. The molecular formula is C24H25N3O6. The molecule has 0 saturated heterocycles. The fourth-order valence-corrected chi connectivity index (χ4v) is 3.08. The number of nitro groups is 1. The van der Waals surface area contributed by atoms with Gasteiger partial charge in [0.15, 0.2) is 0 Å². The summed E-state index contributed by atoms with van der Waals surface area (Å²) < 4.78 is 11.5. The predicted octanol–water partition coefficient (Wildman–Crippen LogP) is 3.90. The van der Waals surface area contributed by atoms with Crippen LogP contribution < -0.4 is 20.7 Å². The van der Waals surface area contributed by atoms with E-state index in [0.29, 0.717) is 17.9 Å². The second kappa shape index (κ2) is 9.99. The third kappa shape index (κ3) is 6.19. The molecule has 0 radical (unpaired) electrons. The number of ether oxygens (including phenoxy) is 2. The summed E-state index contributed by atoms with van der Waals surface area (Å²) in [6.45, 7) is 7.03. The van der Waals surface area contributed by atoms with Gasteiger partial charge in [-0.15, -0.1) is 0 Å². The number of aromatic nitrogens is 2. The summed E-state index contributed by atoms with van der Waals surface area (Å²) in [7, 11) is 0. The highest BCUT2D eigenvalue weighted by atomic mass is 16.6. The number of para-hydroxylation sites is 1. The van der Waals surface area contributed by atoms with Crippen molar-refractivity contribution in [1.82, 2.24) is 9.97 Å². The topological polar surface area (TPSA) is 127 Å². The first kappa shape index (κ1) is 23.5. The average Bonchev–Trinajstić information content (AvgIpc) is 2.75. The maximum atomic E-state index is 11.7. The van der Waals surface area contributed by atoms with Crippen LogP contribution in [0.5, 0.6) is 11.5 Å². The summed E-state index contributed by atoms with van der Waals surface area (Å²) in [5.74, 6) is 1.26. The Morgan fingerprint density at radius 2 is 1.61 bits per heavy atom. The third-order valence-electron chi connectivity index (χ3n) is 4.81. The number of nitrogens with one attached hydrogen (secondary N) is 2. The zero-order valence-electron chi connectivity index (χ0n) is 18.6. The molecule has 0 saturated carbocycles. The van der Waals surface area contributed by atoms with Gasteiger partial charge in [-0.2, -0.15) is 0 Å². The van der Waals surface area contributed by atoms with Crippen molar-refractivity contribution in [2.75, 3.05) is 13.2 Å². The summed E-state index contributed by atoms with van der Waals surface area (Å²) in [5.41, 5.74) is -0.945. The van der Waals surface area contributed by atoms with Gasteiger partial charge in [-0.3, -0.25) is 19.9 Å². The number of benzene rings is 2. The van der Waals surface area contributed by atoms with Gasteiger partial charge < -0.3 is 14.5 Å². The largest absolute Gasteiger partial charge is 0.490 e. The number of hydrogen-bond donors (Lipinski definition) is 2. The van der Waals surface area contributed by atoms with Crippen molar-refractivity contribution in [3.8, 4) is 11.5 Å². The molecule has 0 atom stereocenters. The number of hydrogen-bond acceptors (Lipinski definition) is 6. The van der Waals surface area contributed by atoms with Crippen LogP contribution in [0.2, 0.25) is 0 Å². The van der Waals surface area contributed by atoms with Gasteiger partial charge in [-0.1, -0.05) is 51.1 Å². The van der Waals surface area contributed by atoms with Crippen molar-refractivity contribution >= 4 is 17.8 Å². The highest BCUT2D eigenvalue weighted by Crippen LogP contribution is 2.25. The molecule has 2 aromatic carbocycles. The molecule has 3 aromatic rings. The van der Waals surface area contributed by atoms with Crippen molar-refractivity contribution in [3.05, 3.63) is 96.3 Å². The van der Waals surface area contributed by atoms with Gasteiger partial charge >= 0.3 is 16.9 Å². The summed E-state index contributed by atoms with van der Waals surface area (Å²) in [4.78, 5) is 37.7. The SMILES string of the molecule is CC(C)(C)c1ccc(OCCOc2ccccc2/C=C/c2[nH]c(=O)[nH]c(=O)c2[N+](=O)[O-])cc1. The lowest BCUT2D eigenvalue weighted by Crippen LogP contribution is -2.25. The maximum Gasteiger partial charge on any atom is 0.357 e. The average molecular weight is 451 g/mol. The lowest BCUT2D eigenvalue weighted by atomic mass is 9.87. The quantitative estimate of drug-likeness (QED) is 0.304. The zero-order valence-corrected chi connectivity index (χ0v) is 18.6. The van der Waals surface area contributed by atoms with Crippen LogP contribution in [0.25, 0.3) is 12.2 Å². The van der Waals surface area contributed by atoms with E-state index >= 15 is 0 Å². The Morgan fingerprint density at radius 1 is 0.939 bits per heavy atom. The Labute approximate surface area is 189 Å². The van der Waals surface area contributed by atoms with Crippen molar-refractivity contribution in [1.29, 1.82) is 0 Å². The Hall–Kier alpha value is -4.14. The number of rotatable bonds is 8. The van der Waals surface area contributed by atoms with E-state index in [4.69, 9.17) is 9.47 Å². The summed E-state index contributed by atoms with van der Waals surface area (Å²) >= 11 is 0. The molecule has 1 heterocycles. The Kier molecular flexibility index (Phi) is 7.12. The molecule has 9 nitrogen and oxygen atoms in total. The van der Waals surface area contributed by atoms with E-state index < -0.39 is 21.9 Å². The molecule has 2 N–H and O–H groups in total. The molecule has 0 bridgehead atoms. The normalized spacial score (nSPS) is 11.5. The van der Waals surface area contributed by atoms with Crippen LogP contribution >= 0.6 is 0 Å². The zero-order chi connectivity index (χ0) is 24.0. The molecule has 172 valence electrons. The summed E-state index contributed by atoms with van der Waals surface area (Å²) in [5, 5.41) is 11.2. The van der Waals surface area contributed by atoms with Crippen LogP contribution in [0.4, 0.5) is 5.69 Å². The van der Waals surface area contributed by atoms with Gasteiger partial charge in [0, 0.05) is 5.56 Å². The summed E-state index contributed by atoms with van der Waals surface area (Å²) in [6.07, 6.45) is 2.82. The van der Waals surface area contributed by atoms with Crippen molar-refractivity contribution in [2.24, 2.45) is 0 Å². The maximum absolute atomic E-state index is 11.7. The van der Waals surface area contributed by atoms with E-state index in [2.05, 4.69) is 25.8 Å². The van der Waals surface area contributed by atoms with Gasteiger partial charge in [0.2, 0.25) is 0 Å². The molecule has 1 aromatic heterocycles. The minimum Gasteiger partial charge on any atom is -0.490 e. The molecule has 0 aliphatic rings. The van der Waals surface area contributed by atoms with E-state index in [1.165, 1.54) is 17.7 Å². The van der Waals surface area contributed by atoms with Crippen molar-refractivity contribution < 1.29 is 14.4 Å². The molecule has 0 aliphatic heterocycles. The first-order valence-corrected chi connectivity index (χ1v) is 10.3. The second-order valence-electron chi connectivity index (χ2n) is 8.27. The first-order chi connectivity index (χ1) is 15.6. The molecule has 9 heteroatoms. The number of H-pyrrole nitrogens is 2. The molecular weight excluding hydrogens is 426 g/mol. The van der Waals surface area contributed by atoms with E-state index in [0.717, 1.165) is 5.75 Å². The predicted molar refractivity (Wildman–Crippen MR) is 126 cm³/mol. The van der Waals surface area contributed by atoms with Gasteiger partial charge in [0.25, 0.3) is 0 Å². The number of aromatic amines is 2. The van der Waals surface area contributed by atoms with Crippen LogP contribution in [-0.2, 0) is 5.41 Å². The van der Waals surface area contributed by atoms with Gasteiger partial charge in [-0.25, -0.2) is 4.79 Å². The van der Waals surface area contributed by atoms with Crippen LogP contribution in [0.15, 0.2) is 58.1 Å². The molecule has 0 spiro atoms. The smallest absolute Gasteiger partial charge is 0.357 e. The van der Waals surface area contributed by atoms with E-state index in [-0.39, 0.29) is 17.7 Å². The van der Waals surface area contributed by atoms with Crippen LogP contribution in [0, 0.1) is 10.1 Å². The fraction of sp³-hybridized carbons (Fsp3) is 0.250. The summed E-state index contributed by atoms with van der Waals surface area (Å²) in [6, 6.07) is 15.0. The Balaban J connectivity index is 1.66. The van der Waals surface area contributed by atoms with E-state index in [1.54, 1.807) is 24.3 Å². The van der Waals surface area contributed by atoms with Gasteiger partial charge in [0.05, 0.1) is 4.92 Å². The number of nitrogens with zero attached hydrogens (tertiary/aromatic N) is 1. The standard InChI is InChI=1S/C24H25N3O6/c1-24(2,3)17-9-11-18(12-10-17)32-14-15-33-20-7-5-4-6-16(20)8-13-19-21(27(30)31)22(28)26-23(29)25-19/h4-13H,14-15H2,1-3H3,(H2,25,26,28,29)/b13-8+. The third-order valence-corrected chi connectivity index (χ3v) is 4.81. The lowest BCUT2D eigenvalue weighted by Gasteiger charge is -2.19. The molecule has 0 unspecified atom stereocenters. The molecule has 33 heavy (non-hydrogen) atoms. The van der Waals surface area contributed by atoms with Crippen LogP contribution in [-0.4, -0.2) is 28.1 Å². The highest BCUT2D eigenvalue weighted by molar-refractivity contribution is 5.74. The monoisotopic (exact) mass is 451 g/mol. The molecule has 0 fully saturated rings. The molecule has 3 rings (SSSR count). The highest BCUT2D eigenvalue weighted by Gasteiger charge is 2.19. The fourth-order valence-electron chi connectivity index (χ4n) is 3.08. The van der Waals surface area contributed by atoms with Crippen LogP contribution in [0.3, 0.4) is 0 Å². The second-order valence-corrected chi connectivity index (χ2v) is 8.27. The molecule has 0 aliphatic carbocycles. The van der Waals surface area contributed by atoms with Crippen LogP contribution in [0.1, 0.15) is 37.6 Å². The van der Waals surface area contributed by atoms with E-state index in [1.807, 2.05) is 29.2 Å². The Morgan fingerprint density at radius 3 is 2.27 bits per heavy atom. The Bertz CT molecular complexity index is 1270. The van der Waals surface area contributed by atoms with E-state index in [9.17, 15) is 19.7 Å². The van der Waals surface area contributed by atoms with Crippen molar-refractivity contribution in [3.63, 3.8) is 0 Å². The van der Waals surface area contributed by atoms with Gasteiger partial charge in [0.1, 0.15) is 30.4 Å². The lowest BCUT2D eigenvalue weighted by molar-refractivity contribution is -0.386. The van der Waals surface area contributed by atoms with Crippen molar-refractivity contribution in [2.45, 2.75) is 26.2 Å².